The predicted molar refractivity (Wildman–Crippen MR) is 103 cm³/mol. The summed E-state index contributed by atoms with van der Waals surface area (Å²) < 4.78 is 10.6. The second-order valence-electron chi connectivity index (χ2n) is 5.66. The quantitative estimate of drug-likeness (QED) is 0.776. The number of anilines is 1. The van der Waals surface area contributed by atoms with Gasteiger partial charge in [0.1, 0.15) is 0 Å². The van der Waals surface area contributed by atoms with E-state index in [1.807, 2.05) is 31.4 Å². The number of rotatable bonds is 6. The molecule has 25 heavy (non-hydrogen) atoms. The fraction of sp³-hybridized carbons (Fsp3) is 0.316. The number of amides is 2. The number of thioether (sulfide) groups is 1. The molecule has 0 radical (unpaired) electrons. The van der Waals surface area contributed by atoms with Crippen LogP contribution in [0.2, 0.25) is 0 Å². The van der Waals surface area contributed by atoms with Crippen molar-refractivity contribution >= 4 is 23.5 Å². The molecule has 0 spiro atoms. The maximum Gasteiger partial charge on any atom is 0.321 e. The molecular weight excluding hydrogens is 336 g/mol. The van der Waals surface area contributed by atoms with E-state index < -0.39 is 0 Å². The summed E-state index contributed by atoms with van der Waals surface area (Å²) in [5.41, 5.74) is 2.69. The maximum absolute atomic E-state index is 12.5. The van der Waals surface area contributed by atoms with Crippen molar-refractivity contribution in [3.63, 3.8) is 0 Å². The Labute approximate surface area is 153 Å². The van der Waals surface area contributed by atoms with Crippen molar-refractivity contribution in [2.45, 2.75) is 18.4 Å². The lowest BCUT2D eigenvalue weighted by Crippen LogP contribution is -2.31. The average molecular weight is 360 g/mol. The summed E-state index contributed by atoms with van der Waals surface area (Å²) in [7, 11) is 4.93. The zero-order valence-electron chi connectivity index (χ0n) is 15.3. The van der Waals surface area contributed by atoms with Crippen LogP contribution in [0.15, 0.2) is 41.3 Å². The van der Waals surface area contributed by atoms with Gasteiger partial charge in [-0.1, -0.05) is 12.1 Å². The molecule has 0 aliphatic carbocycles. The van der Waals surface area contributed by atoms with Crippen molar-refractivity contribution in [2.24, 2.45) is 0 Å². The lowest BCUT2D eigenvalue weighted by atomic mass is 10.1. The third-order valence-corrected chi connectivity index (χ3v) is 4.64. The Bertz CT molecular complexity index is 732. The first-order chi connectivity index (χ1) is 12.0. The number of methoxy groups -OCH3 is 2. The molecule has 2 aromatic rings. The molecule has 0 aromatic heterocycles. The molecule has 0 fully saturated rings. The number of benzene rings is 2. The van der Waals surface area contributed by atoms with Gasteiger partial charge in [-0.15, -0.1) is 11.8 Å². The Morgan fingerprint density at radius 2 is 1.72 bits per heavy atom. The van der Waals surface area contributed by atoms with E-state index >= 15 is 0 Å². The summed E-state index contributed by atoms with van der Waals surface area (Å²) >= 11 is 1.70. The highest BCUT2D eigenvalue weighted by molar-refractivity contribution is 7.98. The predicted octanol–water partition coefficient (Wildman–Crippen LogP) is 4.40. The van der Waals surface area contributed by atoms with Crippen molar-refractivity contribution < 1.29 is 14.3 Å². The number of nitrogens with one attached hydrogen (secondary N) is 1. The van der Waals surface area contributed by atoms with E-state index in [0.29, 0.717) is 23.7 Å². The Morgan fingerprint density at radius 1 is 1.12 bits per heavy atom. The monoisotopic (exact) mass is 360 g/mol. The molecule has 0 saturated carbocycles. The van der Waals surface area contributed by atoms with Crippen LogP contribution in [0.3, 0.4) is 0 Å². The summed E-state index contributed by atoms with van der Waals surface area (Å²) in [5.74, 6) is 1.22. The first-order valence-electron chi connectivity index (χ1n) is 7.86. The number of nitrogens with zero attached hydrogens (tertiary/aromatic N) is 1. The van der Waals surface area contributed by atoms with E-state index in [2.05, 4.69) is 17.4 Å². The van der Waals surface area contributed by atoms with Gasteiger partial charge < -0.3 is 19.7 Å². The van der Waals surface area contributed by atoms with Gasteiger partial charge in [-0.2, -0.15) is 0 Å². The van der Waals surface area contributed by atoms with E-state index in [9.17, 15) is 4.79 Å². The van der Waals surface area contributed by atoms with Crippen LogP contribution in [-0.2, 0) is 6.54 Å². The summed E-state index contributed by atoms with van der Waals surface area (Å²) in [6.07, 6.45) is 2.04. The molecule has 2 rings (SSSR count). The van der Waals surface area contributed by atoms with Crippen molar-refractivity contribution in [1.82, 2.24) is 4.90 Å². The molecule has 0 heterocycles. The molecule has 134 valence electrons. The third-order valence-electron chi connectivity index (χ3n) is 3.90. The van der Waals surface area contributed by atoms with Gasteiger partial charge in [0.05, 0.1) is 14.2 Å². The summed E-state index contributed by atoms with van der Waals surface area (Å²) in [4.78, 5) is 15.3. The van der Waals surface area contributed by atoms with E-state index in [4.69, 9.17) is 9.47 Å². The third kappa shape index (κ3) is 4.82. The van der Waals surface area contributed by atoms with Crippen molar-refractivity contribution in [3.05, 3.63) is 47.5 Å². The summed E-state index contributed by atoms with van der Waals surface area (Å²) in [5, 5.41) is 2.93. The minimum atomic E-state index is -0.177. The molecule has 0 aliphatic rings. The Balaban J connectivity index is 2.07. The minimum absolute atomic E-state index is 0.177. The number of carbonyl (C=O) groups excluding carboxylic acids is 1. The molecule has 5 nitrogen and oxygen atoms in total. The van der Waals surface area contributed by atoms with Gasteiger partial charge >= 0.3 is 6.03 Å². The maximum atomic E-state index is 12.5. The molecule has 0 saturated heterocycles. The minimum Gasteiger partial charge on any atom is -0.493 e. The largest absolute Gasteiger partial charge is 0.493 e. The van der Waals surface area contributed by atoms with Crippen LogP contribution in [0.5, 0.6) is 11.5 Å². The number of hydrogen-bond acceptors (Lipinski definition) is 4. The lowest BCUT2D eigenvalue weighted by Gasteiger charge is -2.20. The Kier molecular flexibility index (Phi) is 6.58. The first-order valence-corrected chi connectivity index (χ1v) is 9.08. The fourth-order valence-corrected chi connectivity index (χ4v) is 2.81. The molecule has 6 heteroatoms. The summed E-state index contributed by atoms with van der Waals surface area (Å²) in [6, 6.07) is 11.6. The zero-order valence-corrected chi connectivity index (χ0v) is 16.1. The van der Waals surface area contributed by atoms with Crippen LogP contribution in [-0.4, -0.2) is 38.5 Å². The first kappa shape index (κ1) is 19.0. The Hall–Kier alpha value is -2.34. The topological polar surface area (TPSA) is 50.8 Å². The average Bonchev–Trinajstić information content (AvgIpc) is 2.63. The highest BCUT2D eigenvalue weighted by atomic mass is 32.2. The smallest absolute Gasteiger partial charge is 0.321 e. The SMILES string of the molecule is COc1cc(C)c(NC(=O)N(C)Cc2ccc(SC)cc2)cc1OC. The number of ether oxygens (including phenoxy) is 2. The highest BCUT2D eigenvalue weighted by Gasteiger charge is 2.14. The molecular formula is C19H24N2O3S. The van der Waals surface area contributed by atoms with Crippen LogP contribution in [0.1, 0.15) is 11.1 Å². The van der Waals surface area contributed by atoms with E-state index in [1.165, 1.54) is 4.90 Å². The second kappa shape index (κ2) is 8.67. The number of aryl methyl sites for hydroxylation is 1. The number of carbonyl (C=O) groups is 1. The molecule has 2 amide bonds. The van der Waals surface area contributed by atoms with Gasteiger partial charge in [-0.3, -0.25) is 0 Å². The molecule has 1 N–H and O–H groups in total. The van der Waals surface area contributed by atoms with E-state index in [0.717, 1.165) is 11.1 Å². The van der Waals surface area contributed by atoms with Gasteiger partial charge in [0.25, 0.3) is 0 Å². The fourth-order valence-electron chi connectivity index (χ4n) is 2.40. The van der Waals surface area contributed by atoms with Gasteiger partial charge in [0, 0.05) is 30.2 Å². The normalized spacial score (nSPS) is 10.3. The Morgan fingerprint density at radius 3 is 2.28 bits per heavy atom. The van der Waals surface area contributed by atoms with Gasteiger partial charge in [0.2, 0.25) is 0 Å². The lowest BCUT2D eigenvalue weighted by molar-refractivity contribution is 0.220. The van der Waals surface area contributed by atoms with Crippen LogP contribution in [0.25, 0.3) is 0 Å². The van der Waals surface area contributed by atoms with Crippen molar-refractivity contribution in [2.75, 3.05) is 32.8 Å². The van der Waals surface area contributed by atoms with Gasteiger partial charge in [0.15, 0.2) is 11.5 Å². The molecule has 2 aromatic carbocycles. The van der Waals surface area contributed by atoms with Crippen LogP contribution in [0.4, 0.5) is 10.5 Å². The number of hydrogen-bond donors (Lipinski definition) is 1. The summed E-state index contributed by atoms with van der Waals surface area (Å²) in [6.45, 7) is 2.45. The molecule has 0 aliphatic heterocycles. The molecule has 0 bridgehead atoms. The standard InChI is InChI=1S/C19H24N2O3S/c1-13-10-17(23-3)18(24-4)11-16(13)20-19(22)21(2)12-14-6-8-15(25-5)9-7-14/h6-11H,12H2,1-5H3,(H,20,22). The van der Waals surface area contributed by atoms with Crippen LogP contribution >= 0.6 is 11.8 Å². The van der Waals surface area contributed by atoms with E-state index in [-0.39, 0.29) is 6.03 Å². The second-order valence-corrected chi connectivity index (χ2v) is 6.54. The van der Waals surface area contributed by atoms with Crippen molar-refractivity contribution in [1.29, 1.82) is 0 Å². The van der Waals surface area contributed by atoms with Gasteiger partial charge in [-0.25, -0.2) is 4.79 Å². The molecule has 0 unspecified atom stereocenters. The number of urea groups is 1. The highest BCUT2D eigenvalue weighted by Crippen LogP contribution is 2.33. The van der Waals surface area contributed by atoms with Gasteiger partial charge in [-0.05, 0) is 42.5 Å². The van der Waals surface area contributed by atoms with Crippen LogP contribution in [0, 0.1) is 6.92 Å². The van der Waals surface area contributed by atoms with E-state index in [1.54, 1.807) is 44.0 Å². The van der Waals surface area contributed by atoms with Crippen LogP contribution < -0.4 is 14.8 Å². The molecule has 0 atom stereocenters. The van der Waals surface area contributed by atoms with Crippen molar-refractivity contribution in [3.8, 4) is 11.5 Å². The zero-order chi connectivity index (χ0) is 18.4.